The first-order chi connectivity index (χ1) is 8.00. The lowest BCUT2D eigenvalue weighted by Gasteiger charge is -2.02. The fourth-order valence-corrected chi connectivity index (χ4v) is 1.83. The molecule has 0 radical (unpaired) electrons. The van der Waals surface area contributed by atoms with Crippen molar-refractivity contribution in [2.75, 3.05) is 6.54 Å². The second-order valence-corrected chi connectivity index (χ2v) is 5.44. The topological polar surface area (TPSA) is 29.1 Å². The van der Waals surface area contributed by atoms with Crippen molar-refractivity contribution in [2.45, 2.75) is 47.0 Å². The number of hydrogen-bond donors (Lipinski definition) is 1. The number of hydrogen-bond acceptors (Lipinski definition) is 1. The van der Waals surface area contributed by atoms with Crippen LogP contribution in [0.1, 0.15) is 47.0 Å². The van der Waals surface area contributed by atoms with Crippen molar-refractivity contribution in [2.24, 2.45) is 11.8 Å². The second-order valence-electron chi connectivity index (χ2n) is 5.44. The lowest BCUT2D eigenvalue weighted by Crippen LogP contribution is -2.25. The molecule has 0 heterocycles. The molecule has 0 bridgehead atoms. The molecule has 0 aliphatic heterocycles. The minimum atomic E-state index is 0.228. The molecular weight excluding hydrogens is 210 g/mol. The quantitative estimate of drug-likeness (QED) is 0.702. The normalized spacial score (nSPS) is 23.2. The summed E-state index contributed by atoms with van der Waals surface area (Å²) in [6.07, 6.45) is 7.62. The number of carbonyl (C=O) groups is 1. The van der Waals surface area contributed by atoms with Crippen LogP contribution in [0.5, 0.6) is 0 Å². The predicted octanol–water partition coefficient (Wildman–Crippen LogP) is 3.45. The first kappa shape index (κ1) is 14.0. The molecule has 96 valence electrons. The average molecular weight is 235 g/mol. The summed E-state index contributed by atoms with van der Waals surface area (Å²) in [5.74, 6) is 1.11. The van der Waals surface area contributed by atoms with Crippen LogP contribution >= 0.6 is 0 Å². The standard InChI is InChI=1S/C15H25NO/c1-11(2)6-5-7-12(3)8-9-16-15(17)14-10-13(14)4/h6,8,13-14H,5,7,9-10H2,1-4H3,(H,16,17). The molecule has 1 fully saturated rings. The maximum Gasteiger partial charge on any atom is 0.223 e. The Bertz CT molecular complexity index is 324. The summed E-state index contributed by atoms with van der Waals surface area (Å²) < 4.78 is 0. The van der Waals surface area contributed by atoms with Gasteiger partial charge < -0.3 is 5.32 Å². The zero-order valence-electron chi connectivity index (χ0n) is 11.5. The molecule has 0 saturated heterocycles. The fraction of sp³-hybridized carbons (Fsp3) is 0.667. The van der Waals surface area contributed by atoms with E-state index in [1.807, 2.05) is 0 Å². The molecule has 1 N–H and O–H groups in total. The van der Waals surface area contributed by atoms with Crippen molar-refractivity contribution in [1.29, 1.82) is 0 Å². The molecule has 1 saturated carbocycles. The van der Waals surface area contributed by atoms with Crippen molar-refractivity contribution in [3.05, 3.63) is 23.3 Å². The Morgan fingerprint density at radius 3 is 2.47 bits per heavy atom. The van der Waals surface area contributed by atoms with Gasteiger partial charge in [0, 0.05) is 12.5 Å². The summed E-state index contributed by atoms with van der Waals surface area (Å²) >= 11 is 0. The molecule has 0 aromatic rings. The zero-order valence-corrected chi connectivity index (χ0v) is 11.5. The highest BCUT2D eigenvalue weighted by atomic mass is 16.2. The lowest BCUT2D eigenvalue weighted by molar-refractivity contribution is -0.122. The van der Waals surface area contributed by atoms with Gasteiger partial charge in [-0.3, -0.25) is 4.79 Å². The van der Waals surface area contributed by atoms with Gasteiger partial charge in [-0.25, -0.2) is 0 Å². The van der Waals surface area contributed by atoms with E-state index in [0.29, 0.717) is 12.5 Å². The van der Waals surface area contributed by atoms with Crippen LogP contribution in [0.15, 0.2) is 23.3 Å². The molecule has 1 aliphatic rings. The second kappa shape index (κ2) is 6.63. The Hall–Kier alpha value is -1.05. The van der Waals surface area contributed by atoms with Crippen molar-refractivity contribution < 1.29 is 4.79 Å². The van der Waals surface area contributed by atoms with E-state index in [1.165, 1.54) is 11.1 Å². The summed E-state index contributed by atoms with van der Waals surface area (Å²) in [5, 5.41) is 2.97. The maximum atomic E-state index is 11.6. The molecule has 17 heavy (non-hydrogen) atoms. The fourth-order valence-electron chi connectivity index (χ4n) is 1.83. The van der Waals surface area contributed by atoms with Gasteiger partial charge in [-0.05, 0) is 46.0 Å². The monoisotopic (exact) mass is 235 g/mol. The van der Waals surface area contributed by atoms with Gasteiger partial charge in [-0.1, -0.05) is 30.2 Å². The van der Waals surface area contributed by atoms with Gasteiger partial charge in [-0.15, -0.1) is 0 Å². The van der Waals surface area contributed by atoms with Gasteiger partial charge in [0.05, 0.1) is 0 Å². The van der Waals surface area contributed by atoms with Gasteiger partial charge in [-0.2, -0.15) is 0 Å². The summed E-state index contributed by atoms with van der Waals surface area (Å²) in [6, 6.07) is 0. The highest BCUT2D eigenvalue weighted by molar-refractivity contribution is 5.81. The van der Waals surface area contributed by atoms with Crippen molar-refractivity contribution in [3.8, 4) is 0 Å². The lowest BCUT2D eigenvalue weighted by atomic mass is 10.1. The molecule has 2 unspecified atom stereocenters. The highest BCUT2D eigenvalue weighted by Gasteiger charge is 2.38. The van der Waals surface area contributed by atoms with Crippen LogP contribution in [0.4, 0.5) is 0 Å². The largest absolute Gasteiger partial charge is 0.352 e. The van der Waals surface area contributed by atoms with Crippen LogP contribution in [0, 0.1) is 11.8 Å². The summed E-state index contributed by atoms with van der Waals surface area (Å²) in [6.45, 7) is 9.18. The molecule has 2 nitrogen and oxygen atoms in total. The Kier molecular flexibility index (Phi) is 5.46. The van der Waals surface area contributed by atoms with Gasteiger partial charge in [0.25, 0.3) is 0 Å². The first-order valence-electron chi connectivity index (χ1n) is 6.57. The van der Waals surface area contributed by atoms with Gasteiger partial charge in [0.2, 0.25) is 5.91 Å². The minimum Gasteiger partial charge on any atom is -0.352 e. The minimum absolute atomic E-state index is 0.228. The third-order valence-electron chi connectivity index (χ3n) is 3.26. The molecule has 0 aromatic carbocycles. The van der Waals surface area contributed by atoms with Crippen LogP contribution in [0.2, 0.25) is 0 Å². The van der Waals surface area contributed by atoms with E-state index in [4.69, 9.17) is 0 Å². The SMILES string of the molecule is CC(C)=CCCC(C)=CCNC(=O)C1CC1C. The van der Waals surface area contributed by atoms with Crippen LogP contribution < -0.4 is 5.32 Å². The first-order valence-corrected chi connectivity index (χ1v) is 6.57. The molecule has 1 rings (SSSR count). The molecule has 0 aromatic heterocycles. The molecular formula is C15H25NO. The molecule has 2 atom stereocenters. The Balaban J connectivity index is 2.15. The Labute approximate surface area is 105 Å². The summed E-state index contributed by atoms with van der Waals surface area (Å²) in [7, 11) is 0. The van der Waals surface area contributed by atoms with Crippen molar-refractivity contribution >= 4 is 5.91 Å². The molecule has 1 aliphatic carbocycles. The third-order valence-corrected chi connectivity index (χ3v) is 3.26. The highest BCUT2D eigenvalue weighted by Crippen LogP contribution is 2.37. The van der Waals surface area contributed by atoms with Crippen LogP contribution in [0.25, 0.3) is 0 Å². The molecule has 2 heteroatoms. The van der Waals surface area contributed by atoms with E-state index in [1.54, 1.807) is 0 Å². The summed E-state index contributed by atoms with van der Waals surface area (Å²) in [5.41, 5.74) is 2.72. The van der Waals surface area contributed by atoms with E-state index < -0.39 is 0 Å². The Morgan fingerprint density at radius 1 is 1.29 bits per heavy atom. The van der Waals surface area contributed by atoms with E-state index in [9.17, 15) is 4.79 Å². The number of rotatable bonds is 6. The number of amides is 1. The van der Waals surface area contributed by atoms with Crippen molar-refractivity contribution in [3.63, 3.8) is 0 Å². The zero-order chi connectivity index (χ0) is 12.8. The molecule has 0 spiro atoms. The van der Waals surface area contributed by atoms with Crippen LogP contribution in [-0.2, 0) is 4.79 Å². The van der Waals surface area contributed by atoms with E-state index in [-0.39, 0.29) is 11.8 Å². The molecule has 1 amide bonds. The van der Waals surface area contributed by atoms with E-state index >= 15 is 0 Å². The van der Waals surface area contributed by atoms with E-state index in [0.717, 1.165) is 19.3 Å². The van der Waals surface area contributed by atoms with Crippen molar-refractivity contribution in [1.82, 2.24) is 5.32 Å². The third kappa shape index (κ3) is 5.71. The van der Waals surface area contributed by atoms with Gasteiger partial charge in [0.15, 0.2) is 0 Å². The number of allylic oxidation sites excluding steroid dienone is 3. The number of carbonyl (C=O) groups excluding carboxylic acids is 1. The number of nitrogens with one attached hydrogen (secondary N) is 1. The predicted molar refractivity (Wildman–Crippen MR) is 72.7 cm³/mol. The van der Waals surface area contributed by atoms with Gasteiger partial charge in [0.1, 0.15) is 0 Å². The smallest absolute Gasteiger partial charge is 0.223 e. The van der Waals surface area contributed by atoms with Gasteiger partial charge >= 0.3 is 0 Å². The maximum absolute atomic E-state index is 11.6. The van der Waals surface area contributed by atoms with E-state index in [2.05, 4.69) is 45.2 Å². The Morgan fingerprint density at radius 2 is 1.94 bits per heavy atom. The summed E-state index contributed by atoms with van der Waals surface area (Å²) in [4.78, 5) is 11.6. The van der Waals surface area contributed by atoms with Crippen LogP contribution in [-0.4, -0.2) is 12.5 Å². The van der Waals surface area contributed by atoms with Crippen LogP contribution in [0.3, 0.4) is 0 Å². The average Bonchev–Trinajstić information content (AvgIpc) is 2.95.